The fourth-order valence-corrected chi connectivity index (χ4v) is 3.32. The zero-order valence-electron chi connectivity index (χ0n) is 14.1. The summed E-state index contributed by atoms with van der Waals surface area (Å²) < 4.78 is 27.6. The standard InChI is InChI=1S/C19H18O6/c1-10-4-6-13-12(8-10)17-18(25-19(20)24-17)16(23-13)11-5-7-14(21-2)15(9-11)22-3/h4-9,16-18H,1-3H3/t16-,17-,18+/m1/s1. The third kappa shape index (κ3) is 2.54. The topological polar surface area (TPSA) is 63.2 Å². The predicted molar refractivity (Wildman–Crippen MR) is 88.2 cm³/mol. The lowest BCUT2D eigenvalue weighted by atomic mass is 9.91. The molecule has 0 radical (unpaired) electrons. The van der Waals surface area contributed by atoms with Crippen molar-refractivity contribution in [3.8, 4) is 17.2 Å². The van der Waals surface area contributed by atoms with Gasteiger partial charge in [0.05, 0.1) is 14.2 Å². The molecule has 0 aliphatic carbocycles. The summed E-state index contributed by atoms with van der Waals surface area (Å²) in [6, 6.07) is 11.3. The van der Waals surface area contributed by atoms with Crippen LogP contribution in [0.3, 0.4) is 0 Å². The molecule has 2 heterocycles. The van der Waals surface area contributed by atoms with Gasteiger partial charge in [-0.1, -0.05) is 17.7 Å². The van der Waals surface area contributed by atoms with Crippen molar-refractivity contribution in [3.63, 3.8) is 0 Å². The predicted octanol–water partition coefficient (Wildman–Crippen LogP) is 3.72. The number of fused-ring (bicyclic) bond motifs is 3. The van der Waals surface area contributed by atoms with E-state index >= 15 is 0 Å². The number of hydrogen-bond donors (Lipinski definition) is 0. The van der Waals surface area contributed by atoms with Gasteiger partial charge in [-0.25, -0.2) is 4.79 Å². The lowest BCUT2D eigenvalue weighted by molar-refractivity contribution is 0.00773. The van der Waals surface area contributed by atoms with Crippen molar-refractivity contribution in [2.24, 2.45) is 0 Å². The molecule has 3 atom stereocenters. The molecule has 0 N–H and O–H groups in total. The molecule has 2 aromatic carbocycles. The summed E-state index contributed by atoms with van der Waals surface area (Å²) >= 11 is 0. The second kappa shape index (κ2) is 5.88. The van der Waals surface area contributed by atoms with Gasteiger partial charge in [-0.3, -0.25) is 0 Å². The Morgan fingerprint density at radius 2 is 1.68 bits per heavy atom. The summed E-state index contributed by atoms with van der Waals surface area (Å²) in [5.41, 5.74) is 2.71. The highest BCUT2D eigenvalue weighted by Gasteiger charge is 2.49. The molecular formula is C19H18O6. The minimum atomic E-state index is -0.682. The average molecular weight is 342 g/mol. The van der Waals surface area contributed by atoms with Crippen LogP contribution in [0, 0.1) is 6.92 Å². The number of ether oxygens (including phenoxy) is 5. The Morgan fingerprint density at radius 3 is 2.44 bits per heavy atom. The molecule has 4 rings (SSSR count). The van der Waals surface area contributed by atoms with Crippen molar-refractivity contribution in [1.82, 2.24) is 0 Å². The molecule has 2 aliphatic rings. The number of benzene rings is 2. The summed E-state index contributed by atoms with van der Waals surface area (Å²) in [5.74, 6) is 1.89. The van der Waals surface area contributed by atoms with Gasteiger partial charge in [-0.15, -0.1) is 0 Å². The smallest absolute Gasteiger partial charge is 0.493 e. The van der Waals surface area contributed by atoms with E-state index in [2.05, 4.69) is 0 Å². The third-order valence-electron chi connectivity index (χ3n) is 4.51. The van der Waals surface area contributed by atoms with Crippen LogP contribution in [0.15, 0.2) is 36.4 Å². The van der Waals surface area contributed by atoms with Gasteiger partial charge in [0.2, 0.25) is 0 Å². The Bertz CT molecular complexity index is 831. The van der Waals surface area contributed by atoms with E-state index in [1.165, 1.54) is 0 Å². The van der Waals surface area contributed by atoms with E-state index in [1.807, 2.05) is 37.3 Å². The minimum absolute atomic E-state index is 0.491. The Kier molecular flexibility index (Phi) is 3.67. The van der Waals surface area contributed by atoms with Crippen LogP contribution < -0.4 is 14.2 Å². The van der Waals surface area contributed by atoms with E-state index < -0.39 is 24.5 Å². The van der Waals surface area contributed by atoms with E-state index in [1.54, 1.807) is 20.3 Å². The maximum atomic E-state index is 11.8. The lowest BCUT2D eigenvalue weighted by Crippen LogP contribution is -2.32. The molecule has 0 bridgehead atoms. The van der Waals surface area contributed by atoms with Crippen LogP contribution in [0.1, 0.15) is 28.9 Å². The average Bonchev–Trinajstić information content (AvgIpc) is 3.02. The molecule has 2 aliphatic heterocycles. The maximum Gasteiger partial charge on any atom is 0.509 e. The molecule has 25 heavy (non-hydrogen) atoms. The highest BCUT2D eigenvalue weighted by Crippen LogP contribution is 2.48. The van der Waals surface area contributed by atoms with Gasteiger partial charge in [-0.05, 0) is 31.2 Å². The van der Waals surface area contributed by atoms with E-state index in [4.69, 9.17) is 23.7 Å². The van der Waals surface area contributed by atoms with E-state index in [9.17, 15) is 4.79 Å². The molecule has 0 aromatic heterocycles. The highest BCUT2D eigenvalue weighted by molar-refractivity contribution is 5.64. The Morgan fingerprint density at radius 1 is 0.880 bits per heavy atom. The van der Waals surface area contributed by atoms with Gasteiger partial charge < -0.3 is 23.7 Å². The minimum Gasteiger partial charge on any atom is -0.493 e. The molecule has 1 saturated heterocycles. The van der Waals surface area contributed by atoms with Crippen molar-refractivity contribution in [3.05, 3.63) is 53.1 Å². The SMILES string of the molecule is COc1ccc([C@H]2Oc3ccc(C)cc3[C@H]3OC(=O)O[C@@H]23)cc1OC. The van der Waals surface area contributed by atoms with Crippen LogP contribution in [0.2, 0.25) is 0 Å². The molecule has 6 nitrogen and oxygen atoms in total. The number of hydrogen-bond acceptors (Lipinski definition) is 6. The molecule has 0 amide bonds. The van der Waals surface area contributed by atoms with Gasteiger partial charge in [0.25, 0.3) is 0 Å². The molecule has 6 heteroatoms. The van der Waals surface area contributed by atoms with E-state index in [0.29, 0.717) is 17.2 Å². The number of carbonyl (C=O) groups excluding carboxylic acids is 1. The number of rotatable bonds is 3. The molecule has 2 aromatic rings. The number of methoxy groups -OCH3 is 2. The van der Waals surface area contributed by atoms with Crippen molar-refractivity contribution >= 4 is 6.16 Å². The van der Waals surface area contributed by atoms with Gasteiger partial charge in [0.15, 0.2) is 29.8 Å². The summed E-state index contributed by atoms with van der Waals surface area (Å²) in [7, 11) is 3.15. The quantitative estimate of drug-likeness (QED) is 0.792. The Labute approximate surface area is 145 Å². The summed E-state index contributed by atoms with van der Waals surface area (Å²) in [6.07, 6.45) is -2.22. The molecule has 0 spiro atoms. The summed E-state index contributed by atoms with van der Waals surface area (Å²) in [4.78, 5) is 11.8. The fraction of sp³-hybridized carbons (Fsp3) is 0.316. The zero-order valence-corrected chi connectivity index (χ0v) is 14.1. The van der Waals surface area contributed by atoms with Gasteiger partial charge in [0, 0.05) is 11.1 Å². The molecule has 1 fully saturated rings. The first kappa shape index (κ1) is 15.6. The zero-order chi connectivity index (χ0) is 17.6. The van der Waals surface area contributed by atoms with Gasteiger partial charge in [0.1, 0.15) is 5.75 Å². The second-order valence-electron chi connectivity index (χ2n) is 6.07. The Hall–Kier alpha value is -2.89. The fourth-order valence-electron chi connectivity index (χ4n) is 3.32. The first-order chi connectivity index (χ1) is 12.1. The summed E-state index contributed by atoms with van der Waals surface area (Å²) in [6.45, 7) is 1.98. The molecule has 0 saturated carbocycles. The van der Waals surface area contributed by atoms with Gasteiger partial charge in [-0.2, -0.15) is 0 Å². The largest absolute Gasteiger partial charge is 0.509 e. The Balaban J connectivity index is 1.78. The third-order valence-corrected chi connectivity index (χ3v) is 4.51. The van der Waals surface area contributed by atoms with E-state index in [-0.39, 0.29) is 0 Å². The molecule has 130 valence electrons. The first-order valence-corrected chi connectivity index (χ1v) is 7.97. The van der Waals surface area contributed by atoms with Crippen LogP contribution in [0.4, 0.5) is 4.79 Å². The second-order valence-corrected chi connectivity index (χ2v) is 6.07. The van der Waals surface area contributed by atoms with Crippen molar-refractivity contribution in [2.75, 3.05) is 14.2 Å². The lowest BCUT2D eigenvalue weighted by Gasteiger charge is -2.33. The maximum absolute atomic E-state index is 11.8. The van der Waals surface area contributed by atoms with Crippen LogP contribution in [0.5, 0.6) is 17.2 Å². The molecule has 0 unspecified atom stereocenters. The van der Waals surface area contributed by atoms with Crippen LogP contribution >= 0.6 is 0 Å². The monoisotopic (exact) mass is 342 g/mol. The number of aryl methyl sites for hydroxylation is 1. The highest BCUT2D eigenvalue weighted by atomic mass is 16.8. The first-order valence-electron chi connectivity index (χ1n) is 7.97. The van der Waals surface area contributed by atoms with E-state index in [0.717, 1.165) is 16.7 Å². The van der Waals surface area contributed by atoms with Crippen LogP contribution in [0.25, 0.3) is 0 Å². The van der Waals surface area contributed by atoms with Crippen LogP contribution in [-0.2, 0) is 9.47 Å². The van der Waals surface area contributed by atoms with Crippen molar-refractivity contribution in [1.29, 1.82) is 0 Å². The van der Waals surface area contributed by atoms with Crippen molar-refractivity contribution < 1.29 is 28.5 Å². The van der Waals surface area contributed by atoms with Crippen LogP contribution in [-0.4, -0.2) is 26.5 Å². The van der Waals surface area contributed by atoms with Gasteiger partial charge >= 0.3 is 6.16 Å². The summed E-state index contributed by atoms with van der Waals surface area (Å²) in [5, 5.41) is 0. The normalized spacial score (nSPS) is 23.6. The van der Waals surface area contributed by atoms with Crippen molar-refractivity contribution in [2.45, 2.75) is 25.2 Å². The molecular weight excluding hydrogens is 324 g/mol. The number of carbonyl (C=O) groups is 1.